The van der Waals surface area contributed by atoms with Crippen LogP contribution in [0, 0.1) is 10.1 Å². The summed E-state index contributed by atoms with van der Waals surface area (Å²) in [6, 6.07) is 13.0. The lowest BCUT2D eigenvalue weighted by Gasteiger charge is -2.37. The Morgan fingerprint density at radius 1 is 1.23 bits per heavy atom. The SMILES string of the molecule is CC1CN(c2ncccc2[N+](=O)[O-])CC(c2ccccc2)O1. The number of aromatic nitrogens is 1. The number of morpholine rings is 1. The maximum Gasteiger partial charge on any atom is 0.311 e. The molecule has 0 N–H and O–H groups in total. The zero-order chi connectivity index (χ0) is 15.5. The number of rotatable bonds is 3. The molecule has 0 bridgehead atoms. The highest BCUT2D eigenvalue weighted by molar-refractivity contribution is 5.57. The van der Waals surface area contributed by atoms with Gasteiger partial charge in [-0.25, -0.2) is 4.98 Å². The predicted molar refractivity (Wildman–Crippen MR) is 82.8 cm³/mol. The molecule has 1 aliphatic rings. The van der Waals surface area contributed by atoms with Gasteiger partial charge in [0.25, 0.3) is 0 Å². The molecular formula is C16H17N3O3. The van der Waals surface area contributed by atoms with E-state index in [-0.39, 0.29) is 22.8 Å². The minimum Gasteiger partial charge on any atom is -0.367 e. The van der Waals surface area contributed by atoms with E-state index in [1.165, 1.54) is 6.07 Å². The molecule has 3 rings (SSSR count). The first kappa shape index (κ1) is 14.5. The lowest BCUT2D eigenvalue weighted by Crippen LogP contribution is -2.43. The van der Waals surface area contributed by atoms with Gasteiger partial charge in [0.2, 0.25) is 5.82 Å². The number of anilines is 1. The second kappa shape index (κ2) is 6.11. The number of hydrogen-bond acceptors (Lipinski definition) is 5. The van der Waals surface area contributed by atoms with E-state index in [0.29, 0.717) is 18.9 Å². The summed E-state index contributed by atoms with van der Waals surface area (Å²) in [5.74, 6) is 0.406. The van der Waals surface area contributed by atoms with Crippen molar-refractivity contribution in [3.63, 3.8) is 0 Å². The van der Waals surface area contributed by atoms with Crippen LogP contribution in [-0.2, 0) is 4.74 Å². The number of benzene rings is 1. The van der Waals surface area contributed by atoms with E-state index in [9.17, 15) is 10.1 Å². The minimum absolute atomic E-state index is 0.0273. The smallest absolute Gasteiger partial charge is 0.311 e. The van der Waals surface area contributed by atoms with Crippen LogP contribution in [0.25, 0.3) is 0 Å². The van der Waals surface area contributed by atoms with Crippen molar-refractivity contribution in [1.29, 1.82) is 0 Å². The number of pyridine rings is 1. The molecular weight excluding hydrogens is 282 g/mol. The van der Waals surface area contributed by atoms with E-state index in [0.717, 1.165) is 5.56 Å². The molecule has 1 aromatic carbocycles. The van der Waals surface area contributed by atoms with E-state index in [1.54, 1.807) is 12.3 Å². The monoisotopic (exact) mass is 299 g/mol. The van der Waals surface area contributed by atoms with Crippen LogP contribution in [0.15, 0.2) is 48.7 Å². The third kappa shape index (κ3) is 2.92. The van der Waals surface area contributed by atoms with Crippen molar-refractivity contribution in [2.45, 2.75) is 19.1 Å². The van der Waals surface area contributed by atoms with Gasteiger partial charge in [-0.1, -0.05) is 30.3 Å². The zero-order valence-electron chi connectivity index (χ0n) is 12.3. The summed E-state index contributed by atoms with van der Waals surface area (Å²) >= 11 is 0. The van der Waals surface area contributed by atoms with Crippen LogP contribution in [-0.4, -0.2) is 29.1 Å². The van der Waals surface area contributed by atoms with Gasteiger partial charge in [-0.3, -0.25) is 10.1 Å². The van der Waals surface area contributed by atoms with Crippen LogP contribution in [0.4, 0.5) is 11.5 Å². The molecule has 1 aromatic heterocycles. The van der Waals surface area contributed by atoms with Gasteiger partial charge in [0.1, 0.15) is 6.10 Å². The molecule has 1 aliphatic heterocycles. The molecule has 0 radical (unpaired) electrons. The van der Waals surface area contributed by atoms with Crippen molar-refractivity contribution in [3.8, 4) is 0 Å². The van der Waals surface area contributed by atoms with E-state index < -0.39 is 0 Å². The summed E-state index contributed by atoms with van der Waals surface area (Å²) in [7, 11) is 0. The van der Waals surface area contributed by atoms with E-state index >= 15 is 0 Å². The van der Waals surface area contributed by atoms with Crippen molar-refractivity contribution in [2.75, 3.05) is 18.0 Å². The molecule has 0 spiro atoms. The second-order valence-corrected chi connectivity index (χ2v) is 5.35. The maximum atomic E-state index is 11.2. The molecule has 0 saturated carbocycles. The lowest BCUT2D eigenvalue weighted by atomic mass is 10.1. The average molecular weight is 299 g/mol. The second-order valence-electron chi connectivity index (χ2n) is 5.35. The van der Waals surface area contributed by atoms with Gasteiger partial charge < -0.3 is 9.64 Å². The minimum atomic E-state index is -0.389. The van der Waals surface area contributed by atoms with Crippen LogP contribution in [0.3, 0.4) is 0 Å². The van der Waals surface area contributed by atoms with Gasteiger partial charge in [-0.15, -0.1) is 0 Å². The highest BCUT2D eigenvalue weighted by atomic mass is 16.6. The number of nitrogens with zero attached hydrogens (tertiary/aromatic N) is 3. The van der Waals surface area contributed by atoms with Crippen LogP contribution in [0.5, 0.6) is 0 Å². The van der Waals surface area contributed by atoms with Crippen molar-refractivity contribution < 1.29 is 9.66 Å². The number of nitro groups is 1. The molecule has 1 fully saturated rings. The number of hydrogen-bond donors (Lipinski definition) is 0. The predicted octanol–water partition coefficient (Wildman–Crippen LogP) is 2.96. The molecule has 2 atom stereocenters. The van der Waals surface area contributed by atoms with E-state index in [1.807, 2.05) is 42.2 Å². The Balaban J connectivity index is 1.90. The molecule has 0 amide bonds. The highest BCUT2D eigenvalue weighted by Crippen LogP contribution is 2.32. The topological polar surface area (TPSA) is 68.5 Å². The first-order valence-corrected chi connectivity index (χ1v) is 7.20. The fourth-order valence-corrected chi connectivity index (χ4v) is 2.75. The van der Waals surface area contributed by atoms with Crippen LogP contribution >= 0.6 is 0 Å². The fourth-order valence-electron chi connectivity index (χ4n) is 2.75. The normalized spacial score (nSPS) is 21.6. The zero-order valence-corrected chi connectivity index (χ0v) is 12.3. The summed E-state index contributed by atoms with van der Waals surface area (Å²) in [4.78, 5) is 17.0. The Hall–Kier alpha value is -2.47. The quantitative estimate of drug-likeness (QED) is 0.644. The van der Waals surface area contributed by atoms with Gasteiger partial charge in [0, 0.05) is 18.8 Å². The molecule has 6 nitrogen and oxygen atoms in total. The highest BCUT2D eigenvalue weighted by Gasteiger charge is 2.30. The summed E-state index contributed by atoms with van der Waals surface area (Å²) in [5, 5.41) is 11.2. The Labute approximate surface area is 128 Å². The Bertz CT molecular complexity index is 663. The number of ether oxygens (including phenoxy) is 1. The van der Waals surface area contributed by atoms with E-state index in [4.69, 9.17) is 4.74 Å². The average Bonchev–Trinajstić information content (AvgIpc) is 2.55. The molecule has 22 heavy (non-hydrogen) atoms. The first-order valence-electron chi connectivity index (χ1n) is 7.20. The summed E-state index contributed by atoms with van der Waals surface area (Å²) < 4.78 is 5.99. The molecule has 0 aliphatic carbocycles. The van der Waals surface area contributed by atoms with Gasteiger partial charge in [-0.2, -0.15) is 0 Å². The lowest BCUT2D eigenvalue weighted by molar-refractivity contribution is -0.384. The molecule has 2 unspecified atom stereocenters. The Kier molecular flexibility index (Phi) is 4.02. The fraction of sp³-hybridized carbons (Fsp3) is 0.312. The molecule has 2 aromatic rings. The maximum absolute atomic E-state index is 11.2. The van der Waals surface area contributed by atoms with Crippen LogP contribution < -0.4 is 4.90 Å². The van der Waals surface area contributed by atoms with Crippen LogP contribution in [0.1, 0.15) is 18.6 Å². The van der Waals surface area contributed by atoms with Crippen molar-refractivity contribution >= 4 is 11.5 Å². The third-order valence-electron chi connectivity index (χ3n) is 3.69. The van der Waals surface area contributed by atoms with Crippen molar-refractivity contribution in [1.82, 2.24) is 4.98 Å². The Morgan fingerprint density at radius 3 is 2.73 bits per heavy atom. The van der Waals surface area contributed by atoms with Crippen molar-refractivity contribution in [3.05, 3.63) is 64.3 Å². The van der Waals surface area contributed by atoms with Gasteiger partial charge in [0.15, 0.2) is 0 Å². The van der Waals surface area contributed by atoms with Crippen LogP contribution in [0.2, 0.25) is 0 Å². The van der Waals surface area contributed by atoms with Crippen molar-refractivity contribution in [2.24, 2.45) is 0 Å². The van der Waals surface area contributed by atoms with Gasteiger partial charge >= 0.3 is 5.69 Å². The Morgan fingerprint density at radius 2 is 2.00 bits per heavy atom. The summed E-state index contributed by atoms with van der Waals surface area (Å²) in [6.45, 7) is 3.10. The molecule has 114 valence electrons. The third-order valence-corrected chi connectivity index (χ3v) is 3.69. The largest absolute Gasteiger partial charge is 0.367 e. The molecule has 1 saturated heterocycles. The summed E-state index contributed by atoms with van der Waals surface area (Å²) in [5.41, 5.74) is 1.10. The summed E-state index contributed by atoms with van der Waals surface area (Å²) in [6.07, 6.45) is 1.44. The van der Waals surface area contributed by atoms with Gasteiger partial charge in [-0.05, 0) is 18.6 Å². The standard InChI is InChI=1S/C16H17N3O3/c1-12-10-18(16-14(19(20)21)8-5-9-17-16)11-15(22-12)13-6-3-2-4-7-13/h2-9,12,15H,10-11H2,1H3. The molecule has 2 heterocycles. The van der Waals surface area contributed by atoms with E-state index in [2.05, 4.69) is 4.98 Å². The van der Waals surface area contributed by atoms with Gasteiger partial charge in [0.05, 0.1) is 17.6 Å². The molecule has 6 heteroatoms. The first-order chi connectivity index (χ1) is 10.6.